The fourth-order valence-corrected chi connectivity index (χ4v) is 1.82. The van der Waals surface area contributed by atoms with E-state index >= 15 is 0 Å². The number of phenols is 2. The number of phenolic OH excluding ortho intramolecular Hbond substituents is 2. The summed E-state index contributed by atoms with van der Waals surface area (Å²) in [4.78, 5) is 8.72. The van der Waals surface area contributed by atoms with Crippen LogP contribution in [0, 0.1) is 0 Å². The van der Waals surface area contributed by atoms with Crippen molar-refractivity contribution in [2.75, 3.05) is 0 Å². The average Bonchev–Trinajstić information content (AvgIpc) is 2.38. The number of hydrogen-bond donors (Lipinski definition) is 2. The molecule has 0 aliphatic rings. The summed E-state index contributed by atoms with van der Waals surface area (Å²) in [7, 11) is 0. The Kier molecular flexibility index (Phi) is 2.34. The third-order valence-corrected chi connectivity index (χ3v) is 2.71. The van der Waals surface area contributed by atoms with Crippen molar-refractivity contribution in [2.45, 2.75) is 0 Å². The number of nitrogens with zero attached hydrogens (tertiary/aromatic N) is 2. The first-order valence-electron chi connectivity index (χ1n) is 5.48. The van der Waals surface area contributed by atoms with Crippen LogP contribution < -0.4 is 0 Å². The highest BCUT2D eigenvalue weighted by molar-refractivity contribution is 5.78. The first kappa shape index (κ1) is 10.5. The van der Waals surface area contributed by atoms with Crippen molar-refractivity contribution in [3.8, 4) is 22.8 Å². The number of aromatic hydroxyl groups is 2. The van der Waals surface area contributed by atoms with Gasteiger partial charge >= 0.3 is 0 Å². The zero-order valence-electron chi connectivity index (χ0n) is 9.41. The lowest BCUT2D eigenvalue weighted by Crippen LogP contribution is -1.88. The van der Waals surface area contributed by atoms with Crippen molar-refractivity contribution in [1.82, 2.24) is 9.97 Å². The molecule has 0 saturated heterocycles. The molecule has 0 amide bonds. The molecular weight excluding hydrogens is 228 g/mol. The number of fused-ring (bicyclic) bond motifs is 1. The van der Waals surface area contributed by atoms with Gasteiger partial charge in [-0.15, -0.1) is 0 Å². The quantitative estimate of drug-likeness (QED) is 0.684. The van der Waals surface area contributed by atoms with Crippen LogP contribution in [0.2, 0.25) is 0 Å². The predicted octanol–water partition coefficient (Wildman–Crippen LogP) is 2.71. The zero-order valence-corrected chi connectivity index (χ0v) is 9.41. The Balaban J connectivity index is 2.19. The van der Waals surface area contributed by atoms with Crippen LogP contribution in [-0.2, 0) is 0 Å². The Morgan fingerprint density at radius 1 is 0.889 bits per heavy atom. The van der Waals surface area contributed by atoms with Crippen LogP contribution >= 0.6 is 0 Å². The molecule has 0 spiro atoms. The molecular formula is C14H10N2O2. The Labute approximate surface area is 103 Å². The molecule has 3 rings (SSSR count). The molecule has 88 valence electrons. The largest absolute Gasteiger partial charge is 0.508 e. The molecule has 1 aromatic heterocycles. The third-order valence-electron chi connectivity index (χ3n) is 2.71. The highest BCUT2D eigenvalue weighted by Crippen LogP contribution is 2.30. The lowest BCUT2D eigenvalue weighted by atomic mass is 10.1. The minimum absolute atomic E-state index is 0.0143. The SMILES string of the molecule is Oc1ccc(-c2cnc3ccccc3n2)c(O)c1. The number of rotatable bonds is 1. The van der Waals surface area contributed by atoms with Crippen LogP contribution in [0.25, 0.3) is 22.3 Å². The van der Waals surface area contributed by atoms with Gasteiger partial charge in [0.15, 0.2) is 0 Å². The van der Waals surface area contributed by atoms with E-state index in [1.165, 1.54) is 12.1 Å². The number of hydrogen-bond acceptors (Lipinski definition) is 4. The van der Waals surface area contributed by atoms with Crippen LogP contribution in [-0.4, -0.2) is 20.2 Å². The summed E-state index contributed by atoms with van der Waals surface area (Å²) in [6.07, 6.45) is 1.61. The summed E-state index contributed by atoms with van der Waals surface area (Å²) in [6, 6.07) is 11.9. The van der Waals surface area contributed by atoms with Gasteiger partial charge in [-0.05, 0) is 24.3 Å². The molecule has 1 heterocycles. The maximum Gasteiger partial charge on any atom is 0.128 e. The molecule has 0 radical (unpaired) electrons. The minimum atomic E-state index is -0.0143. The van der Waals surface area contributed by atoms with E-state index in [9.17, 15) is 10.2 Å². The van der Waals surface area contributed by atoms with Crippen LogP contribution in [0.4, 0.5) is 0 Å². The van der Waals surface area contributed by atoms with Gasteiger partial charge in [0.2, 0.25) is 0 Å². The topological polar surface area (TPSA) is 66.2 Å². The molecule has 4 nitrogen and oxygen atoms in total. The van der Waals surface area contributed by atoms with Crippen molar-refractivity contribution in [2.24, 2.45) is 0 Å². The smallest absolute Gasteiger partial charge is 0.128 e. The second-order valence-electron chi connectivity index (χ2n) is 3.95. The minimum Gasteiger partial charge on any atom is -0.508 e. The van der Waals surface area contributed by atoms with Crippen LogP contribution in [0.15, 0.2) is 48.7 Å². The van der Waals surface area contributed by atoms with Crippen molar-refractivity contribution < 1.29 is 10.2 Å². The summed E-state index contributed by atoms with van der Waals surface area (Å²) in [5, 5.41) is 19.0. The standard InChI is InChI=1S/C14H10N2O2/c17-9-5-6-10(14(18)7-9)13-8-15-11-3-1-2-4-12(11)16-13/h1-8,17-18H. The van der Waals surface area contributed by atoms with Gasteiger partial charge in [0.1, 0.15) is 11.5 Å². The normalized spacial score (nSPS) is 10.7. The van der Waals surface area contributed by atoms with Gasteiger partial charge in [-0.2, -0.15) is 0 Å². The van der Waals surface area contributed by atoms with E-state index in [0.29, 0.717) is 11.3 Å². The highest BCUT2D eigenvalue weighted by atomic mass is 16.3. The summed E-state index contributed by atoms with van der Waals surface area (Å²) in [5.41, 5.74) is 2.69. The first-order valence-corrected chi connectivity index (χ1v) is 5.48. The maximum absolute atomic E-state index is 9.79. The van der Waals surface area contributed by atoms with Gasteiger partial charge in [-0.3, -0.25) is 4.98 Å². The first-order chi connectivity index (χ1) is 8.74. The molecule has 0 saturated carbocycles. The lowest BCUT2D eigenvalue weighted by molar-refractivity contribution is 0.452. The van der Waals surface area contributed by atoms with Gasteiger partial charge in [-0.25, -0.2) is 4.98 Å². The lowest BCUT2D eigenvalue weighted by Gasteiger charge is -2.05. The van der Waals surface area contributed by atoms with Crippen LogP contribution in [0.5, 0.6) is 11.5 Å². The van der Waals surface area contributed by atoms with Crippen LogP contribution in [0.1, 0.15) is 0 Å². The highest BCUT2D eigenvalue weighted by Gasteiger charge is 2.07. The number of benzene rings is 2. The third kappa shape index (κ3) is 1.73. The Bertz CT molecular complexity index is 726. The molecule has 2 aromatic carbocycles. The van der Waals surface area contributed by atoms with E-state index in [-0.39, 0.29) is 11.5 Å². The summed E-state index contributed by atoms with van der Waals surface area (Å²) >= 11 is 0. The van der Waals surface area contributed by atoms with Crippen molar-refractivity contribution in [1.29, 1.82) is 0 Å². The summed E-state index contributed by atoms with van der Waals surface area (Å²) < 4.78 is 0. The molecule has 0 unspecified atom stereocenters. The van der Waals surface area contributed by atoms with E-state index in [1.54, 1.807) is 12.3 Å². The molecule has 2 N–H and O–H groups in total. The molecule has 3 aromatic rings. The van der Waals surface area contributed by atoms with Gasteiger partial charge in [-0.1, -0.05) is 12.1 Å². The molecule has 4 heteroatoms. The second kappa shape index (κ2) is 4.00. The molecule has 0 fully saturated rings. The van der Waals surface area contributed by atoms with E-state index in [4.69, 9.17) is 0 Å². The van der Waals surface area contributed by atoms with E-state index in [2.05, 4.69) is 9.97 Å². The van der Waals surface area contributed by atoms with E-state index < -0.39 is 0 Å². The Hall–Kier alpha value is -2.62. The van der Waals surface area contributed by atoms with Gasteiger partial charge in [0.25, 0.3) is 0 Å². The van der Waals surface area contributed by atoms with Crippen molar-refractivity contribution in [3.63, 3.8) is 0 Å². The predicted molar refractivity (Wildman–Crippen MR) is 68.3 cm³/mol. The van der Waals surface area contributed by atoms with Crippen molar-refractivity contribution >= 4 is 11.0 Å². The average molecular weight is 238 g/mol. The van der Waals surface area contributed by atoms with E-state index in [1.807, 2.05) is 24.3 Å². The molecule has 0 atom stereocenters. The van der Waals surface area contributed by atoms with E-state index in [0.717, 1.165) is 11.0 Å². The molecule has 18 heavy (non-hydrogen) atoms. The molecule has 0 bridgehead atoms. The second-order valence-corrected chi connectivity index (χ2v) is 3.95. The fourth-order valence-electron chi connectivity index (χ4n) is 1.82. The zero-order chi connectivity index (χ0) is 12.5. The Morgan fingerprint density at radius 3 is 2.44 bits per heavy atom. The molecule has 0 aliphatic carbocycles. The monoisotopic (exact) mass is 238 g/mol. The summed E-state index contributed by atoms with van der Waals surface area (Å²) in [5.74, 6) is 0.00424. The molecule has 0 aliphatic heterocycles. The summed E-state index contributed by atoms with van der Waals surface area (Å²) in [6.45, 7) is 0. The van der Waals surface area contributed by atoms with Gasteiger partial charge in [0, 0.05) is 11.6 Å². The van der Waals surface area contributed by atoms with Gasteiger partial charge in [0.05, 0.1) is 22.9 Å². The van der Waals surface area contributed by atoms with Crippen molar-refractivity contribution in [3.05, 3.63) is 48.7 Å². The maximum atomic E-state index is 9.79. The number of aromatic nitrogens is 2. The fraction of sp³-hybridized carbons (Fsp3) is 0. The van der Waals surface area contributed by atoms with Gasteiger partial charge < -0.3 is 10.2 Å². The van der Waals surface area contributed by atoms with Crippen LogP contribution in [0.3, 0.4) is 0 Å². The number of para-hydroxylation sites is 2. The Morgan fingerprint density at radius 2 is 1.67 bits per heavy atom.